The topological polar surface area (TPSA) is 178 Å². The fourth-order valence-electron chi connectivity index (χ4n) is 6.43. The monoisotopic (exact) mass is 724 g/mol. The summed E-state index contributed by atoms with van der Waals surface area (Å²) >= 11 is 8.50. The Morgan fingerprint density at radius 1 is 1.20 bits per heavy atom. The number of carboxylic acid groups (broad SMARTS) is 1. The van der Waals surface area contributed by atoms with Gasteiger partial charge in [-0.05, 0) is 24.0 Å². The number of hydrogen-bond donors (Lipinski definition) is 2. The van der Waals surface area contributed by atoms with Crippen molar-refractivity contribution in [2.75, 3.05) is 43.1 Å². The summed E-state index contributed by atoms with van der Waals surface area (Å²) < 4.78 is 4.21. The molecule has 0 saturated carbocycles. The number of hydrazone groups is 1. The van der Waals surface area contributed by atoms with Crippen molar-refractivity contribution < 1.29 is 29.0 Å². The van der Waals surface area contributed by atoms with E-state index in [1.807, 2.05) is 23.2 Å². The molecule has 15 nitrogen and oxygen atoms in total. The third kappa shape index (κ3) is 6.45. The molecule has 1 aromatic carbocycles. The Morgan fingerprint density at radius 2 is 1.98 bits per heavy atom. The number of aromatic nitrogens is 3. The van der Waals surface area contributed by atoms with E-state index in [4.69, 9.17) is 22.2 Å². The Labute approximate surface area is 294 Å². The zero-order chi connectivity index (χ0) is 34.2. The number of anilines is 2. The van der Waals surface area contributed by atoms with Gasteiger partial charge in [0.15, 0.2) is 29.4 Å². The number of oxime groups is 1. The van der Waals surface area contributed by atoms with Crippen molar-refractivity contribution >= 4 is 75.4 Å². The Kier molecular flexibility index (Phi) is 9.21. The van der Waals surface area contributed by atoms with E-state index in [9.17, 15) is 19.5 Å². The van der Waals surface area contributed by atoms with E-state index < -0.39 is 29.2 Å². The maximum absolute atomic E-state index is 13.3. The first-order chi connectivity index (χ1) is 23.7. The van der Waals surface area contributed by atoms with Gasteiger partial charge in [0.2, 0.25) is 0 Å². The molecule has 256 valence electrons. The van der Waals surface area contributed by atoms with Gasteiger partial charge in [-0.1, -0.05) is 52.4 Å². The van der Waals surface area contributed by atoms with Crippen molar-refractivity contribution in [3.8, 4) is 0 Å². The molecule has 0 bridgehead atoms. The Balaban J connectivity index is 1.02. The second-order valence-electron chi connectivity index (χ2n) is 11.9. The van der Waals surface area contributed by atoms with E-state index >= 15 is 0 Å². The third-order valence-corrected chi connectivity index (χ3v) is 11.2. The number of β-lactam (4-membered cyclic amide) rings is 1. The predicted molar refractivity (Wildman–Crippen MR) is 183 cm³/mol. The maximum atomic E-state index is 13.3. The molecule has 2 aromatic heterocycles. The highest BCUT2D eigenvalue weighted by Crippen LogP contribution is 2.40. The SMILES string of the molecule is CO/N=C(\C(=O)N[C@@H]1C(=O)N2C(C(=O)[O-])=C(C[n+]3ccc4n3CCN4Cc3ccc(C=NN4CCCC4)cc3)CS[C@H]12)c1nc(N)sc1Cl. The van der Waals surface area contributed by atoms with Gasteiger partial charge < -0.3 is 30.7 Å². The van der Waals surface area contributed by atoms with Crippen molar-refractivity contribution in [1.29, 1.82) is 0 Å². The number of thioether (sulfide) groups is 1. The molecule has 4 aliphatic rings. The quantitative estimate of drug-likeness (QED) is 0.122. The highest BCUT2D eigenvalue weighted by molar-refractivity contribution is 8.00. The molecule has 2 amide bonds. The first-order valence-corrected chi connectivity index (χ1v) is 17.9. The van der Waals surface area contributed by atoms with Crippen molar-refractivity contribution in [2.45, 2.75) is 43.9 Å². The van der Waals surface area contributed by atoms with E-state index in [2.05, 4.69) is 59.4 Å². The fourth-order valence-corrected chi connectivity index (χ4v) is 8.69. The number of thiazole rings is 1. The Bertz CT molecular complexity index is 1880. The molecular weight excluding hydrogens is 692 g/mol. The molecule has 0 radical (unpaired) electrons. The number of hydrogen-bond acceptors (Lipinski definition) is 13. The lowest BCUT2D eigenvalue weighted by molar-refractivity contribution is -0.766. The number of carbonyl (C=O) groups excluding carboxylic acids is 3. The number of nitrogens with one attached hydrogen (secondary N) is 1. The van der Waals surface area contributed by atoms with Crippen LogP contribution in [0.2, 0.25) is 4.34 Å². The van der Waals surface area contributed by atoms with Gasteiger partial charge in [-0.25, -0.2) is 4.98 Å². The molecule has 2 saturated heterocycles. The summed E-state index contributed by atoms with van der Waals surface area (Å²) in [7, 11) is 1.25. The van der Waals surface area contributed by atoms with Gasteiger partial charge >= 0.3 is 0 Å². The zero-order valence-electron chi connectivity index (χ0n) is 26.5. The molecule has 3 N–H and O–H groups in total. The number of nitrogens with zero attached hydrogens (tertiary/aromatic N) is 8. The van der Waals surface area contributed by atoms with Gasteiger partial charge in [-0.2, -0.15) is 5.10 Å². The van der Waals surface area contributed by atoms with Gasteiger partial charge in [0.05, 0.1) is 30.5 Å². The molecule has 2 fully saturated rings. The Hall–Kier alpha value is -4.61. The molecular formula is C31H33ClN10O5S2. The normalized spacial score (nSPS) is 20.6. The van der Waals surface area contributed by atoms with E-state index in [0.29, 0.717) is 11.3 Å². The number of fused-ring (bicyclic) bond motifs is 2. The van der Waals surface area contributed by atoms with Crippen molar-refractivity contribution in [2.24, 2.45) is 10.3 Å². The average Bonchev–Trinajstić information content (AvgIpc) is 3.89. The van der Waals surface area contributed by atoms with Gasteiger partial charge in [0.1, 0.15) is 28.6 Å². The minimum absolute atomic E-state index is 0.0209. The molecule has 7 rings (SSSR count). The minimum Gasteiger partial charge on any atom is -0.543 e. The van der Waals surface area contributed by atoms with E-state index in [1.165, 1.54) is 42.2 Å². The van der Waals surface area contributed by atoms with Crippen LogP contribution in [0.1, 0.15) is 29.7 Å². The van der Waals surface area contributed by atoms with Crippen LogP contribution in [0, 0.1) is 0 Å². The van der Waals surface area contributed by atoms with Gasteiger partial charge in [0.25, 0.3) is 11.8 Å². The summed E-state index contributed by atoms with van der Waals surface area (Å²) in [5.74, 6) is -1.44. The minimum atomic E-state index is -1.45. The highest BCUT2D eigenvalue weighted by atomic mass is 35.5. The fraction of sp³-hybridized carbons (Fsp3) is 0.387. The van der Waals surface area contributed by atoms with Crippen LogP contribution in [-0.2, 0) is 38.9 Å². The summed E-state index contributed by atoms with van der Waals surface area (Å²) in [5, 5.41) is 24.9. The van der Waals surface area contributed by atoms with Crippen molar-refractivity contribution in [1.82, 2.24) is 24.9 Å². The molecule has 0 spiro atoms. The number of nitrogen functional groups attached to an aromatic ring is 1. The van der Waals surface area contributed by atoms with Crippen molar-refractivity contribution in [3.63, 3.8) is 0 Å². The number of aliphatic carboxylic acids is 1. The molecule has 3 aromatic rings. The van der Waals surface area contributed by atoms with Crippen LogP contribution in [0.5, 0.6) is 0 Å². The Morgan fingerprint density at radius 3 is 2.67 bits per heavy atom. The van der Waals surface area contributed by atoms with E-state index in [-0.39, 0.29) is 33.1 Å². The number of benzene rings is 1. The lowest BCUT2D eigenvalue weighted by Crippen LogP contribution is -2.71. The van der Waals surface area contributed by atoms with Crippen LogP contribution in [0.3, 0.4) is 0 Å². The van der Waals surface area contributed by atoms with Gasteiger partial charge in [0, 0.05) is 37.5 Å². The van der Waals surface area contributed by atoms with Gasteiger partial charge in [-0.15, -0.1) is 21.1 Å². The van der Waals surface area contributed by atoms with Gasteiger partial charge in [-0.3, -0.25) is 19.5 Å². The number of nitrogens with two attached hydrogens (primary N) is 1. The lowest BCUT2D eigenvalue weighted by Gasteiger charge is -2.50. The van der Waals surface area contributed by atoms with Crippen LogP contribution in [0.25, 0.3) is 0 Å². The highest BCUT2D eigenvalue weighted by Gasteiger charge is 2.53. The van der Waals surface area contributed by atoms with Crippen LogP contribution < -0.4 is 25.7 Å². The molecule has 0 aliphatic carbocycles. The van der Waals surface area contributed by atoms with Crippen molar-refractivity contribution in [3.05, 3.63) is 69.0 Å². The molecule has 0 unspecified atom stereocenters. The van der Waals surface area contributed by atoms with E-state index in [0.717, 1.165) is 55.4 Å². The van der Waals surface area contributed by atoms with Crippen LogP contribution in [0.4, 0.5) is 10.9 Å². The van der Waals surface area contributed by atoms with Crippen LogP contribution in [-0.4, -0.2) is 93.2 Å². The number of rotatable bonds is 11. The number of halogens is 1. The number of carboxylic acids is 1. The van der Waals surface area contributed by atoms with E-state index in [1.54, 1.807) is 0 Å². The number of carbonyl (C=O) groups is 3. The van der Waals surface area contributed by atoms with Crippen LogP contribution >= 0.6 is 34.7 Å². The smallest absolute Gasteiger partial charge is 0.276 e. The van der Waals surface area contributed by atoms with Crippen LogP contribution in [0.15, 0.2) is 58.1 Å². The molecule has 4 aliphatic heterocycles. The maximum Gasteiger partial charge on any atom is 0.276 e. The first kappa shape index (κ1) is 32.9. The zero-order valence-corrected chi connectivity index (χ0v) is 28.8. The third-order valence-electron chi connectivity index (χ3n) is 8.79. The predicted octanol–water partition coefficient (Wildman–Crippen LogP) is 0.372. The number of amides is 2. The summed E-state index contributed by atoms with van der Waals surface area (Å²) in [6.07, 6.45) is 6.22. The lowest BCUT2D eigenvalue weighted by atomic mass is 10.0. The second kappa shape index (κ2) is 13.7. The standard InChI is InChI=1S/C31H33ClN10O5S2/c1-47-37-23(22-26(32)49-31(33)36-22)27(43)35-24-28(44)42-25(30(45)46)20(17-48-29(24)42)16-40-11-8-21-38(12-13-41(21)40)15-19-6-4-18(5-7-19)14-34-39-9-2-3-10-39/h4-8,11,14,24,29H,2-3,9-10,12-13,15-17H2,1H3,(H3-,33,35,36,43,45,46)/b34-14?,37-23-/t24-,29-/m1/s1. The molecule has 6 heterocycles. The first-order valence-electron chi connectivity index (χ1n) is 15.7. The largest absolute Gasteiger partial charge is 0.543 e. The summed E-state index contributed by atoms with van der Waals surface area (Å²) in [6, 6.07) is 9.41. The molecule has 49 heavy (non-hydrogen) atoms. The second-order valence-corrected chi connectivity index (χ2v) is 14.6. The summed E-state index contributed by atoms with van der Waals surface area (Å²) in [6.45, 7) is 4.54. The average molecular weight is 725 g/mol. The summed E-state index contributed by atoms with van der Waals surface area (Å²) in [4.78, 5) is 51.2. The molecule has 2 atom stereocenters. The molecule has 18 heteroatoms. The summed E-state index contributed by atoms with van der Waals surface area (Å²) in [5.41, 5.74) is 8.09.